The zero-order chi connectivity index (χ0) is 27.2. The molecule has 10 heteroatoms. The third-order valence-corrected chi connectivity index (χ3v) is 8.42. The van der Waals surface area contributed by atoms with Crippen molar-refractivity contribution in [2.75, 3.05) is 79.9 Å². The highest BCUT2D eigenvalue weighted by Crippen LogP contribution is 2.51. The number of ether oxygens (including phenoxy) is 6. The van der Waals surface area contributed by atoms with Crippen molar-refractivity contribution < 1.29 is 38.0 Å². The van der Waals surface area contributed by atoms with E-state index in [1.54, 1.807) is 19.2 Å². The summed E-state index contributed by atoms with van der Waals surface area (Å²) in [6.45, 7) is 7.90. The number of methoxy groups -OCH3 is 2. The predicted molar refractivity (Wildman–Crippen MR) is 142 cm³/mol. The topological polar surface area (TPSA) is 96.0 Å². The molecule has 1 aromatic rings. The van der Waals surface area contributed by atoms with E-state index in [9.17, 15) is 9.59 Å². The lowest BCUT2D eigenvalue weighted by molar-refractivity contribution is -0.153. The molecule has 4 bridgehead atoms. The zero-order valence-corrected chi connectivity index (χ0v) is 23.2. The number of hydrogen-bond donors (Lipinski definition) is 0. The Labute approximate surface area is 230 Å². The second-order valence-corrected chi connectivity index (χ2v) is 11.0. The normalized spacial score (nSPS) is 31.8. The first-order valence-corrected chi connectivity index (χ1v) is 14.4. The van der Waals surface area contributed by atoms with Gasteiger partial charge in [-0.1, -0.05) is 0 Å². The van der Waals surface area contributed by atoms with Gasteiger partial charge in [0.25, 0.3) is 0 Å². The van der Waals surface area contributed by atoms with Crippen LogP contribution in [0, 0.1) is 17.8 Å². The van der Waals surface area contributed by atoms with Crippen molar-refractivity contribution in [1.82, 2.24) is 9.80 Å². The van der Waals surface area contributed by atoms with Gasteiger partial charge in [-0.25, -0.2) is 4.79 Å². The number of benzene rings is 1. The monoisotopic (exact) mass is 546 g/mol. The van der Waals surface area contributed by atoms with E-state index in [-0.39, 0.29) is 18.0 Å². The summed E-state index contributed by atoms with van der Waals surface area (Å²) in [5, 5.41) is 0. The molecule has 216 valence electrons. The second kappa shape index (κ2) is 13.2. The molecule has 1 aromatic carbocycles. The number of rotatable bonds is 4. The summed E-state index contributed by atoms with van der Waals surface area (Å²) in [4.78, 5) is 30.7. The molecule has 3 unspecified atom stereocenters. The maximum atomic E-state index is 13.0. The highest BCUT2D eigenvalue weighted by molar-refractivity contribution is 5.91. The van der Waals surface area contributed by atoms with Gasteiger partial charge in [0.1, 0.15) is 6.10 Å². The highest BCUT2D eigenvalue weighted by Gasteiger charge is 2.59. The second-order valence-electron chi connectivity index (χ2n) is 11.0. The van der Waals surface area contributed by atoms with Crippen LogP contribution in [0.4, 0.5) is 0 Å². The van der Waals surface area contributed by atoms with Crippen LogP contribution in [-0.2, 0) is 19.0 Å². The lowest BCUT2D eigenvalue weighted by Gasteiger charge is -2.25. The van der Waals surface area contributed by atoms with Gasteiger partial charge in [-0.05, 0) is 57.3 Å². The van der Waals surface area contributed by atoms with E-state index in [0.29, 0.717) is 73.9 Å². The fourth-order valence-corrected chi connectivity index (χ4v) is 6.08. The van der Waals surface area contributed by atoms with Crippen molar-refractivity contribution in [1.29, 1.82) is 0 Å². The Morgan fingerprint density at radius 2 is 1.56 bits per heavy atom. The van der Waals surface area contributed by atoms with Gasteiger partial charge < -0.3 is 38.2 Å². The van der Waals surface area contributed by atoms with Crippen LogP contribution in [0.15, 0.2) is 12.1 Å². The van der Waals surface area contributed by atoms with Crippen LogP contribution in [0.1, 0.15) is 42.5 Å². The largest absolute Gasteiger partial charge is 0.493 e. The average molecular weight is 547 g/mol. The molecule has 3 fully saturated rings. The molecular formula is C29H42N2O8. The number of esters is 2. The third-order valence-electron chi connectivity index (χ3n) is 8.42. The van der Waals surface area contributed by atoms with E-state index < -0.39 is 5.97 Å². The molecule has 3 aliphatic heterocycles. The summed E-state index contributed by atoms with van der Waals surface area (Å²) < 4.78 is 34.2. The van der Waals surface area contributed by atoms with Crippen molar-refractivity contribution in [2.24, 2.45) is 17.8 Å². The van der Waals surface area contributed by atoms with Crippen molar-refractivity contribution >= 4 is 11.9 Å². The van der Waals surface area contributed by atoms with Gasteiger partial charge in [0.2, 0.25) is 5.75 Å². The quantitative estimate of drug-likeness (QED) is 0.525. The fourth-order valence-electron chi connectivity index (χ4n) is 6.08. The molecule has 10 nitrogen and oxygen atoms in total. The lowest BCUT2D eigenvalue weighted by atomic mass is 10.1. The van der Waals surface area contributed by atoms with Crippen LogP contribution in [-0.4, -0.2) is 108 Å². The first-order valence-electron chi connectivity index (χ1n) is 14.4. The molecule has 2 saturated heterocycles. The fraction of sp³-hybridized carbons (Fsp3) is 0.724. The molecule has 0 radical (unpaired) electrons. The van der Waals surface area contributed by atoms with Gasteiger partial charge in [-0.3, -0.25) is 4.79 Å². The van der Waals surface area contributed by atoms with Crippen LogP contribution < -0.4 is 14.2 Å². The SMILES string of the molecule is COc1cc2cc(c1OC)OCCCC(OC(=O)[C@H]1[C@@H]3COC[C@@H]31)CCN1CCCN(CCCOC2=O)CC1. The summed E-state index contributed by atoms with van der Waals surface area (Å²) in [7, 11) is 3.07. The van der Waals surface area contributed by atoms with E-state index >= 15 is 0 Å². The Kier molecular flexibility index (Phi) is 9.47. The van der Waals surface area contributed by atoms with E-state index in [0.717, 1.165) is 58.5 Å². The summed E-state index contributed by atoms with van der Waals surface area (Å²) in [6.07, 6.45) is 3.89. The smallest absolute Gasteiger partial charge is 0.338 e. The van der Waals surface area contributed by atoms with E-state index in [1.165, 1.54) is 7.11 Å². The summed E-state index contributed by atoms with van der Waals surface area (Å²) in [5.41, 5.74) is 0.358. The van der Waals surface area contributed by atoms with Gasteiger partial charge in [0, 0.05) is 38.0 Å². The van der Waals surface area contributed by atoms with Crippen LogP contribution in [0.2, 0.25) is 0 Å². The van der Waals surface area contributed by atoms with Gasteiger partial charge in [-0.2, -0.15) is 0 Å². The van der Waals surface area contributed by atoms with Crippen molar-refractivity contribution in [3.8, 4) is 17.2 Å². The zero-order valence-electron chi connectivity index (χ0n) is 23.2. The summed E-state index contributed by atoms with van der Waals surface area (Å²) >= 11 is 0. The van der Waals surface area contributed by atoms with Crippen LogP contribution >= 0.6 is 0 Å². The number of hydrogen-bond acceptors (Lipinski definition) is 10. The average Bonchev–Trinajstić information content (AvgIpc) is 3.53. The predicted octanol–water partition coefficient (Wildman–Crippen LogP) is 2.63. The Bertz CT molecular complexity index is 994. The van der Waals surface area contributed by atoms with Gasteiger partial charge in [-0.15, -0.1) is 0 Å². The van der Waals surface area contributed by atoms with Crippen molar-refractivity contribution in [2.45, 2.75) is 38.2 Å². The van der Waals surface area contributed by atoms with Crippen molar-refractivity contribution in [3.05, 3.63) is 17.7 Å². The molecule has 0 N–H and O–H groups in total. The minimum absolute atomic E-state index is 0.00190. The molecule has 0 spiro atoms. The minimum Gasteiger partial charge on any atom is -0.493 e. The molecule has 1 aliphatic carbocycles. The molecule has 39 heavy (non-hydrogen) atoms. The molecule has 0 aromatic heterocycles. The molecular weight excluding hydrogens is 504 g/mol. The Hall–Kier alpha value is -2.56. The number of carbonyl (C=O) groups excluding carboxylic acids is 2. The molecule has 5 rings (SSSR count). The van der Waals surface area contributed by atoms with Gasteiger partial charge in [0.05, 0.1) is 52.1 Å². The maximum Gasteiger partial charge on any atom is 0.338 e. The van der Waals surface area contributed by atoms with Gasteiger partial charge in [0.15, 0.2) is 11.5 Å². The number of cyclic esters (lactones) is 1. The Balaban J connectivity index is 1.29. The summed E-state index contributed by atoms with van der Waals surface area (Å²) in [5.74, 6) is 1.45. The summed E-state index contributed by atoms with van der Waals surface area (Å²) in [6, 6.07) is 3.26. The molecule has 1 saturated carbocycles. The van der Waals surface area contributed by atoms with Crippen LogP contribution in [0.3, 0.4) is 0 Å². The third kappa shape index (κ3) is 6.96. The number of nitrogens with zero attached hydrogens (tertiary/aromatic N) is 2. The molecule has 0 amide bonds. The lowest BCUT2D eigenvalue weighted by Crippen LogP contribution is -2.34. The highest BCUT2D eigenvalue weighted by atomic mass is 16.6. The van der Waals surface area contributed by atoms with Crippen LogP contribution in [0.5, 0.6) is 17.2 Å². The standard InChI is InChI=1S/C29H42N2O8/c1-34-24-16-20-17-25(27(24)35-2)37-14-3-6-21(39-29(33)26-22-18-36-19-23(22)26)7-11-31-9-4-8-30(12-13-31)10-5-15-38-28(20)32/h16-17,21-23,26H,3-15,18-19H2,1-2H3/t21?,22-,23+,26+. The van der Waals surface area contributed by atoms with E-state index in [4.69, 9.17) is 28.4 Å². The maximum absolute atomic E-state index is 13.0. The van der Waals surface area contributed by atoms with Crippen molar-refractivity contribution in [3.63, 3.8) is 0 Å². The molecule has 4 aliphatic rings. The first-order chi connectivity index (χ1) is 19.1. The number of fused-ring (bicyclic) bond motifs is 6. The van der Waals surface area contributed by atoms with Crippen LogP contribution in [0.25, 0.3) is 0 Å². The Morgan fingerprint density at radius 3 is 2.31 bits per heavy atom. The number of carbonyl (C=O) groups is 2. The van der Waals surface area contributed by atoms with E-state index in [1.807, 2.05) is 0 Å². The minimum atomic E-state index is -0.414. The van der Waals surface area contributed by atoms with Gasteiger partial charge >= 0.3 is 11.9 Å². The Morgan fingerprint density at radius 1 is 0.846 bits per heavy atom. The molecule has 3 heterocycles. The molecule has 6 atom stereocenters. The van der Waals surface area contributed by atoms with E-state index in [2.05, 4.69) is 9.80 Å². The first kappa shape index (κ1) is 28.0.